The van der Waals surface area contributed by atoms with Crippen LogP contribution in [0.4, 0.5) is 5.69 Å². The van der Waals surface area contributed by atoms with Gasteiger partial charge in [-0.25, -0.2) is 0 Å². The summed E-state index contributed by atoms with van der Waals surface area (Å²) in [5, 5.41) is 0. The van der Waals surface area contributed by atoms with Crippen LogP contribution in [0.2, 0.25) is 0 Å². The summed E-state index contributed by atoms with van der Waals surface area (Å²) in [7, 11) is 3.36. The third-order valence-electron chi connectivity index (χ3n) is 8.81. The summed E-state index contributed by atoms with van der Waals surface area (Å²) >= 11 is 0. The van der Waals surface area contributed by atoms with Gasteiger partial charge in [0.25, 0.3) is 0 Å². The Morgan fingerprint density at radius 3 is 2.33 bits per heavy atom. The molecule has 7 rings (SSSR count). The van der Waals surface area contributed by atoms with E-state index in [0.29, 0.717) is 36.7 Å². The van der Waals surface area contributed by atoms with Gasteiger partial charge in [-0.1, -0.05) is 11.6 Å². The molecule has 36 heavy (non-hydrogen) atoms. The zero-order valence-electron chi connectivity index (χ0n) is 20.4. The highest BCUT2D eigenvalue weighted by molar-refractivity contribution is 5.99. The van der Waals surface area contributed by atoms with Crippen LogP contribution in [-0.2, 0) is 14.9 Å². The first-order valence-electron chi connectivity index (χ1n) is 10.8. The Morgan fingerprint density at radius 2 is 1.67 bits per heavy atom. The van der Waals surface area contributed by atoms with Gasteiger partial charge in [-0.2, -0.15) is 0 Å². The first kappa shape index (κ1) is 33.7. The van der Waals surface area contributed by atoms with Crippen LogP contribution in [-0.4, -0.2) is 101 Å². The number of fused-ring (bicyclic) bond motifs is 2. The van der Waals surface area contributed by atoms with Gasteiger partial charge in [0.05, 0.1) is 45.1 Å². The number of hydrogen-bond donors (Lipinski definition) is 0. The molecule has 0 radical (unpaired) electrons. The van der Waals surface area contributed by atoms with E-state index >= 15 is 0 Å². The zero-order valence-corrected chi connectivity index (χ0v) is 20.4. The summed E-state index contributed by atoms with van der Waals surface area (Å²) in [5.74, 6) is 2.57. The summed E-state index contributed by atoms with van der Waals surface area (Å²) in [6.45, 7) is 2.80. The molecule has 1 saturated carbocycles. The quantitative estimate of drug-likeness (QED) is 0.355. The standard InChI is InChI=1S/C23H26N2O4.7H2O/c1-27-16-8-14-15(9-17(16)28-2)25-20(26)10-18-21-13-7-19-23(14,22(21)25)4-5-24(19)11-12(13)3-6-29-18;;;;;;;/h3,8-9,13,18-19,21-22H,4-7,10-11H2,1-2H3;7*1H2. The lowest BCUT2D eigenvalue weighted by atomic mass is 9.53. The summed E-state index contributed by atoms with van der Waals surface area (Å²) in [6, 6.07) is 4.87. The van der Waals surface area contributed by atoms with Gasteiger partial charge < -0.3 is 57.4 Å². The SMILES string of the molecule is COc1cc2c(cc1OC)C13CCN4CC5=CCOC6CC(=O)N2C1C6C5CC43.O.O.O.O.O.O.O. The molecule has 5 aliphatic heterocycles. The van der Waals surface area contributed by atoms with E-state index in [0.717, 1.165) is 30.9 Å². The Hall–Kier alpha value is -2.33. The summed E-state index contributed by atoms with van der Waals surface area (Å²) in [4.78, 5) is 18.3. The Labute approximate surface area is 208 Å². The van der Waals surface area contributed by atoms with Gasteiger partial charge in [-0.3, -0.25) is 9.69 Å². The lowest BCUT2D eigenvalue weighted by molar-refractivity contribution is -0.132. The van der Waals surface area contributed by atoms with Crippen molar-refractivity contribution in [2.75, 3.05) is 38.8 Å². The molecule has 0 aromatic heterocycles. The van der Waals surface area contributed by atoms with Gasteiger partial charge in [0.1, 0.15) is 0 Å². The second-order valence-corrected chi connectivity index (χ2v) is 9.48. The minimum absolute atomic E-state index is 0. The highest BCUT2D eigenvalue weighted by Gasteiger charge is 2.71. The second-order valence-electron chi connectivity index (χ2n) is 9.48. The molecule has 208 valence electrons. The molecule has 1 amide bonds. The van der Waals surface area contributed by atoms with Crippen LogP contribution in [0.1, 0.15) is 24.8 Å². The van der Waals surface area contributed by atoms with Crippen LogP contribution in [0.15, 0.2) is 23.8 Å². The molecule has 6 atom stereocenters. The van der Waals surface area contributed by atoms with Gasteiger partial charge in [0, 0.05) is 30.0 Å². The molecule has 1 aliphatic carbocycles. The van der Waals surface area contributed by atoms with Crippen molar-refractivity contribution in [3.63, 3.8) is 0 Å². The second kappa shape index (κ2) is 11.0. The van der Waals surface area contributed by atoms with Crippen molar-refractivity contribution in [1.82, 2.24) is 4.90 Å². The lowest BCUT2D eigenvalue weighted by Gasteiger charge is -2.58. The molecule has 6 unspecified atom stereocenters. The highest BCUT2D eigenvalue weighted by Crippen LogP contribution is 2.66. The van der Waals surface area contributed by atoms with Gasteiger partial charge in [0.15, 0.2) is 11.5 Å². The lowest BCUT2D eigenvalue weighted by Crippen LogP contribution is -2.69. The third-order valence-corrected chi connectivity index (χ3v) is 8.81. The average molecular weight is 521 g/mol. The normalized spacial score (nSPS) is 33.1. The van der Waals surface area contributed by atoms with E-state index in [1.54, 1.807) is 19.8 Å². The van der Waals surface area contributed by atoms with Crippen LogP contribution in [0.3, 0.4) is 0 Å². The predicted octanol–water partition coefficient (Wildman–Crippen LogP) is -3.66. The molecule has 1 spiro atoms. The first-order chi connectivity index (χ1) is 14.2. The van der Waals surface area contributed by atoms with Crippen LogP contribution in [0.5, 0.6) is 11.5 Å². The Bertz CT molecular complexity index is 989. The number of hydrogen-bond acceptors (Lipinski definition) is 5. The van der Waals surface area contributed by atoms with Crippen molar-refractivity contribution in [1.29, 1.82) is 0 Å². The smallest absolute Gasteiger partial charge is 0.229 e. The van der Waals surface area contributed by atoms with Crippen molar-refractivity contribution in [3.8, 4) is 11.5 Å². The van der Waals surface area contributed by atoms with Crippen LogP contribution in [0.25, 0.3) is 0 Å². The fraction of sp³-hybridized carbons (Fsp3) is 0.609. The maximum Gasteiger partial charge on any atom is 0.229 e. The van der Waals surface area contributed by atoms with Crippen molar-refractivity contribution in [2.24, 2.45) is 11.8 Å². The molecule has 1 aromatic carbocycles. The van der Waals surface area contributed by atoms with Gasteiger partial charge in [0.2, 0.25) is 5.91 Å². The Morgan fingerprint density at radius 1 is 1.00 bits per heavy atom. The molecule has 2 bridgehead atoms. The van der Waals surface area contributed by atoms with Crippen LogP contribution >= 0.6 is 0 Å². The Balaban J connectivity index is 0.00000175. The molecule has 14 N–H and O–H groups in total. The van der Waals surface area contributed by atoms with Crippen molar-refractivity contribution in [3.05, 3.63) is 29.3 Å². The number of methoxy groups -OCH3 is 2. The number of benzene rings is 1. The predicted molar refractivity (Wildman–Crippen MR) is 132 cm³/mol. The Kier molecular flexibility index (Phi) is 10.3. The molecule has 1 aromatic rings. The van der Waals surface area contributed by atoms with E-state index in [1.165, 1.54) is 12.0 Å². The topological polar surface area (TPSA) is 272 Å². The fourth-order valence-electron chi connectivity index (χ4n) is 7.87. The van der Waals surface area contributed by atoms with Crippen LogP contribution in [0, 0.1) is 11.8 Å². The van der Waals surface area contributed by atoms with Gasteiger partial charge in [-0.15, -0.1) is 0 Å². The number of nitrogens with zero attached hydrogens (tertiary/aromatic N) is 2. The maximum absolute atomic E-state index is 13.5. The van der Waals surface area contributed by atoms with E-state index in [1.807, 2.05) is 6.07 Å². The largest absolute Gasteiger partial charge is 0.493 e. The summed E-state index contributed by atoms with van der Waals surface area (Å²) in [5.41, 5.74) is 3.85. The number of ether oxygens (including phenoxy) is 3. The van der Waals surface area contributed by atoms with Crippen LogP contribution < -0.4 is 14.4 Å². The third kappa shape index (κ3) is 3.55. The number of amides is 1. The van der Waals surface area contributed by atoms with E-state index in [2.05, 4.69) is 21.9 Å². The number of carbonyl (C=O) groups is 1. The maximum atomic E-state index is 13.5. The number of carbonyl (C=O) groups excluding carboxylic acids is 1. The first-order valence-corrected chi connectivity index (χ1v) is 10.8. The molecule has 6 aliphatic rings. The number of piperidine rings is 2. The van der Waals surface area contributed by atoms with Crippen molar-refractivity contribution >= 4 is 11.6 Å². The van der Waals surface area contributed by atoms with E-state index in [-0.39, 0.29) is 61.8 Å². The van der Waals surface area contributed by atoms with Crippen molar-refractivity contribution < 1.29 is 57.3 Å². The van der Waals surface area contributed by atoms with Gasteiger partial charge >= 0.3 is 0 Å². The zero-order chi connectivity index (χ0) is 19.5. The highest BCUT2D eigenvalue weighted by atomic mass is 16.5. The molecule has 5 heterocycles. The molecule has 13 nitrogen and oxygen atoms in total. The molecular formula is C23H40N2O11. The minimum Gasteiger partial charge on any atom is -0.493 e. The molecule has 3 saturated heterocycles. The average Bonchev–Trinajstić information content (AvgIpc) is 3.20. The van der Waals surface area contributed by atoms with E-state index < -0.39 is 0 Å². The monoisotopic (exact) mass is 520 g/mol. The summed E-state index contributed by atoms with van der Waals surface area (Å²) < 4.78 is 17.6. The van der Waals surface area contributed by atoms with Crippen molar-refractivity contribution in [2.45, 2.75) is 42.9 Å². The minimum atomic E-state index is -0.0242. The van der Waals surface area contributed by atoms with Gasteiger partial charge in [-0.05, 0) is 36.9 Å². The molecule has 4 fully saturated rings. The van der Waals surface area contributed by atoms with E-state index in [9.17, 15) is 4.79 Å². The number of rotatable bonds is 2. The molecule has 13 heteroatoms. The van der Waals surface area contributed by atoms with E-state index in [4.69, 9.17) is 14.2 Å². The molecular weight excluding hydrogens is 480 g/mol. The summed E-state index contributed by atoms with van der Waals surface area (Å²) in [6.07, 6.45) is 5.11. The fourth-order valence-corrected chi connectivity index (χ4v) is 7.87. The number of anilines is 1.